The van der Waals surface area contributed by atoms with Gasteiger partial charge in [-0.3, -0.25) is 4.90 Å². The monoisotopic (exact) mass is 345 g/mol. The molecule has 2 heterocycles. The Morgan fingerprint density at radius 3 is 2.36 bits per heavy atom. The number of nitrogens with zero attached hydrogens (tertiary/aromatic N) is 2. The summed E-state index contributed by atoms with van der Waals surface area (Å²) in [5.74, 6) is -0.281. The van der Waals surface area contributed by atoms with Crippen LogP contribution < -0.4 is 10.6 Å². The summed E-state index contributed by atoms with van der Waals surface area (Å²) in [6.07, 6.45) is 4.68. The number of carbonyl (C=O) groups is 1. The third kappa shape index (κ3) is 4.33. The van der Waals surface area contributed by atoms with Crippen LogP contribution in [0.2, 0.25) is 0 Å². The molecule has 5 nitrogen and oxygen atoms in total. The Balaban J connectivity index is 1.71. The minimum atomic E-state index is -0.479. The minimum Gasteiger partial charge on any atom is -0.456 e. The lowest BCUT2D eigenvalue weighted by molar-refractivity contribution is 0.00696. The van der Waals surface area contributed by atoms with E-state index in [0.29, 0.717) is 5.56 Å². The normalized spacial score (nSPS) is 24.7. The highest BCUT2D eigenvalue weighted by atomic mass is 16.6. The zero-order chi connectivity index (χ0) is 18.1. The molecule has 1 atom stereocenters. The molecule has 25 heavy (non-hydrogen) atoms. The highest BCUT2D eigenvalue weighted by Crippen LogP contribution is 2.32. The molecule has 0 amide bonds. The molecular weight excluding hydrogens is 314 g/mol. The van der Waals surface area contributed by atoms with Crippen LogP contribution in [0.3, 0.4) is 0 Å². The topological polar surface area (TPSA) is 58.8 Å². The van der Waals surface area contributed by atoms with Crippen LogP contribution in [0.1, 0.15) is 56.8 Å². The molecule has 2 saturated heterocycles. The molecular formula is C20H31N3O2. The van der Waals surface area contributed by atoms with Gasteiger partial charge < -0.3 is 15.4 Å². The predicted octanol–water partition coefficient (Wildman–Crippen LogP) is 2.99. The van der Waals surface area contributed by atoms with Gasteiger partial charge in [0.1, 0.15) is 11.3 Å². The van der Waals surface area contributed by atoms with Crippen LogP contribution in [0.5, 0.6) is 0 Å². The second-order valence-electron chi connectivity index (χ2n) is 8.39. The Morgan fingerprint density at radius 2 is 1.76 bits per heavy atom. The van der Waals surface area contributed by atoms with Gasteiger partial charge in [0, 0.05) is 18.8 Å². The number of anilines is 1. The van der Waals surface area contributed by atoms with Crippen LogP contribution in [0.25, 0.3) is 0 Å². The molecule has 2 aliphatic heterocycles. The fourth-order valence-electron chi connectivity index (χ4n) is 3.89. The molecule has 138 valence electrons. The first-order chi connectivity index (χ1) is 11.8. The molecule has 1 aromatic carbocycles. The Hall–Kier alpha value is -1.59. The van der Waals surface area contributed by atoms with Crippen molar-refractivity contribution >= 4 is 11.7 Å². The highest BCUT2D eigenvalue weighted by Gasteiger charge is 2.39. The summed E-state index contributed by atoms with van der Waals surface area (Å²) in [5, 5.41) is 0. The van der Waals surface area contributed by atoms with Gasteiger partial charge in [-0.25, -0.2) is 4.79 Å². The summed E-state index contributed by atoms with van der Waals surface area (Å²) < 4.78 is 5.43. The van der Waals surface area contributed by atoms with Crippen molar-refractivity contribution in [2.45, 2.75) is 57.7 Å². The Bertz CT molecular complexity index is 602. The van der Waals surface area contributed by atoms with Crippen LogP contribution in [0.15, 0.2) is 24.3 Å². The SMILES string of the molecule is CC(C)(C)OC(=O)c1ccc(N2CCC[C@@]2(N)CN2CCCC2)cc1. The molecule has 0 spiro atoms. The van der Waals surface area contributed by atoms with Crippen LogP contribution in [-0.2, 0) is 4.74 Å². The Labute approximate surface area is 151 Å². The quantitative estimate of drug-likeness (QED) is 0.850. The summed E-state index contributed by atoms with van der Waals surface area (Å²) >= 11 is 0. The first kappa shape index (κ1) is 18.2. The number of likely N-dealkylation sites (tertiary alicyclic amines) is 1. The van der Waals surface area contributed by atoms with Crippen molar-refractivity contribution in [3.05, 3.63) is 29.8 Å². The first-order valence-electron chi connectivity index (χ1n) is 9.39. The number of hydrogen-bond donors (Lipinski definition) is 1. The van der Waals surface area contributed by atoms with Gasteiger partial charge in [0.05, 0.1) is 5.56 Å². The van der Waals surface area contributed by atoms with E-state index < -0.39 is 5.60 Å². The zero-order valence-electron chi connectivity index (χ0n) is 15.8. The number of nitrogens with two attached hydrogens (primary N) is 1. The molecule has 1 aromatic rings. The number of hydrogen-bond acceptors (Lipinski definition) is 5. The van der Waals surface area contributed by atoms with Crippen molar-refractivity contribution in [1.29, 1.82) is 0 Å². The van der Waals surface area contributed by atoms with Gasteiger partial charge in [-0.05, 0) is 83.8 Å². The number of benzene rings is 1. The first-order valence-corrected chi connectivity index (χ1v) is 9.39. The van der Waals surface area contributed by atoms with Gasteiger partial charge in [-0.15, -0.1) is 0 Å². The van der Waals surface area contributed by atoms with E-state index in [1.54, 1.807) is 0 Å². The maximum Gasteiger partial charge on any atom is 0.338 e. The average molecular weight is 345 g/mol. The lowest BCUT2D eigenvalue weighted by Gasteiger charge is -2.39. The fraction of sp³-hybridized carbons (Fsp3) is 0.650. The van der Waals surface area contributed by atoms with Crippen LogP contribution >= 0.6 is 0 Å². The standard InChI is InChI=1S/C20H31N3O2/c1-19(2,3)25-18(24)16-7-9-17(10-8-16)23-14-6-11-20(23,21)15-22-12-4-5-13-22/h7-10H,4-6,11-15,21H2,1-3H3/t20-/m0/s1. The van der Waals surface area contributed by atoms with E-state index in [1.165, 1.54) is 12.8 Å². The van der Waals surface area contributed by atoms with Crippen LogP contribution in [0, 0.1) is 0 Å². The second-order valence-corrected chi connectivity index (χ2v) is 8.39. The number of carbonyl (C=O) groups excluding carboxylic acids is 1. The molecule has 3 rings (SSSR count). The summed E-state index contributed by atoms with van der Waals surface area (Å²) in [7, 11) is 0. The Kier molecular flexibility index (Phi) is 5.07. The van der Waals surface area contributed by atoms with Gasteiger partial charge >= 0.3 is 5.97 Å². The maximum atomic E-state index is 12.2. The van der Waals surface area contributed by atoms with Gasteiger partial charge in [-0.1, -0.05) is 0 Å². The minimum absolute atomic E-state index is 0.281. The third-order valence-corrected chi connectivity index (χ3v) is 5.04. The van der Waals surface area contributed by atoms with E-state index in [2.05, 4.69) is 9.80 Å². The van der Waals surface area contributed by atoms with E-state index in [9.17, 15) is 4.79 Å². The number of rotatable bonds is 4. The van der Waals surface area contributed by atoms with E-state index in [0.717, 1.165) is 44.7 Å². The van der Waals surface area contributed by atoms with Crippen LogP contribution in [-0.4, -0.2) is 48.3 Å². The van der Waals surface area contributed by atoms with Crippen LogP contribution in [0.4, 0.5) is 5.69 Å². The van der Waals surface area contributed by atoms with E-state index in [1.807, 2.05) is 45.0 Å². The van der Waals surface area contributed by atoms with Gasteiger partial charge in [-0.2, -0.15) is 0 Å². The van der Waals surface area contributed by atoms with Crippen molar-refractivity contribution < 1.29 is 9.53 Å². The molecule has 2 aliphatic rings. The molecule has 0 saturated carbocycles. The van der Waals surface area contributed by atoms with Crippen molar-refractivity contribution in [2.24, 2.45) is 5.73 Å². The summed E-state index contributed by atoms with van der Waals surface area (Å²) in [5.41, 5.74) is 7.67. The van der Waals surface area contributed by atoms with Crippen molar-refractivity contribution in [2.75, 3.05) is 31.1 Å². The molecule has 5 heteroatoms. The molecule has 0 aromatic heterocycles. The van der Waals surface area contributed by atoms with Gasteiger partial charge in [0.25, 0.3) is 0 Å². The van der Waals surface area contributed by atoms with Crippen molar-refractivity contribution in [1.82, 2.24) is 4.90 Å². The predicted molar refractivity (Wildman–Crippen MR) is 101 cm³/mol. The largest absolute Gasteiger partial charge is 0.456 e. The molecule has 0 unspecified atom stereocenters. The average Bonchev–Trinajstić information content (AvgIpc) is 3.15. The van der Waals surface area contributed by atoms with E-state index in [-0.39, 0.29) is 11.6 Å². The summed E-state index contributed by atoms with van der Waals surface area (Å²) in [6.45, 7) is 9.84. The van der Waals surface area contributed by atoms with Crippen molar-refractivity contribution in [3.8, 4) is 0 Å². The Morgan fingerprint density at radius 1 is 1.12 bits per heavy atom. The number of esters is 1. The lowest BCUT2D eigenvalue weighted by Crippen LogP contribution is -2.58. The summed E-state index contributed by atoms with van der Waals surface area (Å²) in [4.78, 5) is 17.0. The van der Waals surface area contributed by atoms with E-state index >= 15 is 0 Å². The molecule has 0 bridgehead atoms. The summed E-state index contributed by atoms with van der Waals surface area (Å²) in [6, 6.07) is 7.68. The van der Waals surface area contributed by atoms with Gasteiger partial charge in [0.15, 0.2) is 0 Å². The molecule has 0 aliphatic carbocycles. The zero-order valence-corrected chi connectivity index (χ0v) is 15.8. The fourth-order valence-corrected chi connectivity index (χ4v) is 3.89. The molecule has 2 N–H and O–H groups in total. The molecule has 0 radical (unpaired) electrons. The van der Waals surface area contributed by atoms with Crippen molar-refractivity contribution in [3.63, 3.8) is 0 Å². The highest BCUT2D eigenvalue weighted by molar-refractivity contribution is 5.90. The smallest absolute Gasteiger partial charge is 0.338 e. The third-order valence-electron chi connectivity index (χ3n) is 5.04. The maximum absolute atomic E-state index is 12.2. The molecule has 2 fully saturated rings. The lowest BCUT2D eigenvalue weighted by atomic mass is 10.1. The van der Waals surface area contributed by atoms with Gasteiger partial charge in [0.2, 0.25) is 0 Å². The van der Waals surface area contributed by atoms with E-state index in [4.69, 9.17) is 10.5 Å². The number of ether oxygens (including phenoxy) is 1. The second kappa shape index (κ2) is 6.96.